The first-order valence-corrected chi connectivity index (χ1v) is 12.2. The van der Waals surface area contributed by atoms with Gasteiger partial charge in [-0.05, 0) is 51.5 Å². The maximum Gasteiger partial charge on any atom is 0.341 e. The predicted octanol–water partition coefficient (Wildman–Crippen LogP) is 3.28. The molecule has 5 rings (SSSR count). The summed E-state index contributed by atoms with van der Waals surface area (Å²) in [5, 5.41) is 19.1. The van der Waals surface area contributed by atoms with Gasteiger partial charge < -0.3 is 9.80 Å². The number of benzene rings is 1. The van der Waals surface area contributed by atoms with Gasteiger partial charge in [-0.25, -0.2) is 28.6 Å². The number of hydrazone groups is 1. The van der Waals surface area contributed by atoms with Gasteiger partial charge in [0.2, 0.25) is 5.95 Å². The lowest BCUT2D eigenvalue weighted by molar-refractivity contribution is 0.0985. The van der Waals surface area contributed by atoms with E-state index in [1.54, 1.807) is 31.0 Å². The number of carbonyl (C=O) groups excluding carboxylic acids is 1. The van der Waals surface area contributed by atoms with Crippen LogP contribution < -0.4 is 4.90 Å². The monoisotopic (exact) mass is 520 g/mol. The summed E-state index contributed by atoms with van der Waals surface area (Å²) in [4.78, 5) is 30.1. The van der Waals surface area contributed by atoms with Crippen molar-refractivity contribution in [3.05, 3.63) is 58.8 Å². The van der Waals surface area contributed by atoms with Gasteiger partial charge in [0.1, 0.15) is 17.5 Å². The number of nitrogens with zero attached hydrogens (tertiary/aromatic N) is 10. The molecule has 2 amide bonds. The lowest BCUT2D eigenvalue weighted by Crippen LogP contribution is -2.61. The lowest BCUT2D eigenvalue weighted by atomic mass is 10.0. The molecule has 0 aliphatic carbocycles. The van der Waals surface area contributed by atoms with Gasteiger partial charge in [0.05, 0.1) is 23.9 Å². The molecule has 1 aromatic carbocycles. The molecule has 0 bridgehead atoms. The molecule has 0 unspecified atom stereocenters. The Morgan fingerprint density at radius 2 is 1.84 bits per heavy atom. The Hall–Kier alpha value is -4.47. The second kappa shape index (κ2) is 9.77. The van der Waals surface area contributed by atoms with Crippen LogP contribution in [0.3, 0.4) is 0 Å². The molecule has 0 saturated carbocycles. The van der Waals surface area contributed by atoms with Crippen molar-refractivity contribution < 1.29 is 13.6 Å². The molecule has 38 heavy (non-hydrogen) atoms. The molecule has 0 spiro atoms. The van der Waals surface area contributed by atoms with E-state index in [0.717, 1.165) is 12.3 Å². The molecule has 3 aromatic rings. The van der Waals surface area contributed by atoms with Crippen LogP contribution in [0.1, 0.15) is 49.1 Å². The molecule has 1 saturated heterocycles. The number of nitriles is 1. The number of aryl methyl sites for hydroxylation is 2. The Balaban J connectivity index is 1.36. The Morgan fingerprint density at radius 3 is 2.50 bits per heavy atom. The van der Waals surface area contributed by atoms with Gasteiger partial charge in [0.25, 0.3) is 0 Å². The minimum atomic E-state index is -0.619. The highest BCUT2D eigenvalue weighted by atomic mass is 19.1. The maximum atomic E-state index is 14.6. The van der Waals surface area contributed by atoms with E-state index in [1.807, 2.05) is 24.8 Å². The van der Waals surface area contributed by atoms with Crippen LogP contribution >= 0.6 is 0 Å². The van der Waals surface area contributed by atoms with Gasteiger partial charge in [-0.15, -0.1) is 5.10 Å². The molecule has 0 radical (unpaired) electrons. The molecule has 13 heteroatoms. The van der Waals surface area contributed by atoms with Crippen molar-refractivity contribution in [2.45, 2.75) is 52.2 Å². The van der Waals surface area contributed by atoms with Crippen LogP contribution in [0, 0.1) is 36.8 Å². The third-order valence-electron chi connectivity index (χ3n) is 6.67. The number of anilines is 1. The number of amides is 2. The molecule has 2 aliphatic rings. The highest BCUT2D eigenvalue weighted by molar-refractivity contribution is 5.79. The lowest BCUT2D eigenvalue weighted by Gasteiger charge is -2.45. The Bertz CT molecular complexity index is 1450. The molecular formula is C25H26F2N10O. The minimum Gasteiger partial charge on any atom is -0.337 e. The van der Waals surface area contributed by atoms with Crippen LogP contribution in [-0.4, -0.2) is 72.1 Å². The molecule has 2 aromatic heterocycles. The Kier molecular flexibility index (Phi) is 6.48. The summed E-state index contributed by atoms with van der Waals surface area (Å²) in [6.07, 6.45) is 3.14. The zero-order chi connectivity index (χ0) is 27.1. The van der Waals surface area contributed by atoms with E-state index in [1.165, 1.54) is 15.8 Å². The van der Waals surface area contributed by atoms with Crippen LogP contribution in [0.5, 0.6) is 0 Å². The Morgan fingerprint density at radius 1 is 1.11 bits per heavy atom. The average Bonchev–Trinajstić information content (AvgIpc) is 3.49. The zero-order valence-corrected chi connectivity index (χ0v) is 21.4. The van der Waals surface area contributed by atoms with E-state index in [9.17, 15) is 18.8 Å². The first kappa shape index (κ1) is 25.2. The molecule has 0 N–H and O–H groups in total. The van der Waals surface area contributed by atoms with Crippen molar-refractivity contribution in [2.75, 3.05) is 18.0 Å². The van der Waals surface area contributed by atoms with E-state index >= 15 is 0 Å². The van der Waals surface area contributed by atoms with Gasteiger partial charge in [-0.3, -0.25) is 0 Å². The van der Waals surface area contributed by atoms with Crippen molar-refractivity contribution in [1.82, 2.24) is 34.6 Å². The summed E-state index contributed by atoms with van der Waals surface area (Å²) < 4.78 is 30.1. The largest absolute Gasteiger partial charge is 0.341 e. The Labute approximate surface area is 218 Å². The fraction of sp³-hybridized carbons (Fsp3) is 0.400. The number of halogens is 2. The number of aromatic nitrogens is 5. The number of hydrogen-bond acceptors (Lipinski definition) is 8. The SMILES string of the molecule is Cc1nc(C)n(-c2nc(N3C[C@@H](C)N(C(=O)N4N=CC[C@H]4c4cc(F)cc(C#N)c4)[C@@H](C)C3)ncc2F)n1. The molecule has 4 heterocycles. The van der Waals surface area contributed by atoms with E-state index in [2.05, 4.69) is 25.2 Å². The van der Waals surface area contributed by atoms with Crippen LogP contribution in [-0.2, 0) is 0 Å². The van der Waals surface area contributed by atoms with Crippen LogP contribution in [0.2, 0.25) is 0 Å². The first-order chi connectivity index (χ1) is 18.2. The minimum absolute atomic E-state index is 0.00740. The number of rotatable bonds is 3. The van der Waals surface area contributed by atoms with Crippen LogP contribution in [0.15, 0.2) is 29.5 Å². The van der Waals surface area contributed by atoms with Gasteiger partial charge in [-0.2, -0.15) is 20.0 Å². The third-order valence-corrected chi connectivity index (χ3v) is 6.67. The molecule has 1 fully saturated rings. The summed E-state index contributed by atoms with van der Waals surface area (Å²) in [5.41, 5.74) is 0.696. The van der Waals surface area contributed by atoms with Gasteiger partial charge >= 0.3 is 6.03 Å². The summed E-state index contributed by atoms with van der Waals surface area (Å²) >= 11 is 0. The quantitative estimate of drug-likeness (QED) is 0.520. The summed E-state index contributed by atoms with van der Waals surface area (Å²) in [6, 6.07) is 4.65. The van der Waals surface area contributed by atoms with E-state index < -0.39 is 17.7 Å². The van der Waals surface area contributed by atoms with Crippen LogP contribution in [0.25, 0.3) is 5.82 Å². The highest BCUT2D eigenvalue weighted by Crippen LogP contribution is 2.32. The zero-order valence-electron chi connectivity index (χ0n) is 21.4. The highest BCUT2D eigenvalue weighted by Gasteiger charge is 2.40. The molecule has 2 aliphatic heterocycles. The second-order valence-electron chi connectivity index (χ2n) is 9.53. The standard InChI is InChI=1S/C25H26F2N10O/c1-14-12-34(24-29-11-21(27)23(32-24)36-17(4)31-16(3)33-36)13-15(2)35(14)25(38)37-22(5-6-30-37)19-7-18(10-28)8-20(26)9-19/h6-9,11,14-15,22H,5,12-13H2,1-4H3/t14-,15+,22-/m0/s1. The number of carbonyl (C=O) groups is 1. The van der Waals surface area contributed by atoms with E-state index in [4.69, 9.17) is 0 Å². The first-order valence-electron chi connectivity index (χ1n) is 12.2. The van der Waals surface area contributed by atoms with Crippen molar-refractivity contribution in [1.29, 1.82) is 5.26 Å². The van der Waals surface area contributed by atoms with Crippen molar-refractivity contribution >= 4 is 18.2 Å². The van der Waals surface area contributed by atoms with Gasteiger partial charge in [0, 0.05) is 37.8 Å². The topological polar surface area (TPSA) is 119 Å². The van der Waals surface area contributed by atoms with Crippen molar-refractivity contribution in [3.8, 4) is 11.9 Å². The summed E-state index contributed by atoms with van der Waals surface area (Å²) in [7, 11) is 0. The second-order valence-corrected chi connectivity index (χ2v) is 9.53. The maximum absolute atomic E-state index is 14.6. The fourth-order valence-electron chi connectivity index (χ4n) is 5.10. The van der Waals surface area contributed by atoms with Gasteiger partial charge in [-0.1, -0.05) is 0 Å². The van der Waals surface area contributed by atoms with Crippen molar-refractivity contribution in [3.63, 3.8) is 0 Å². The van der Waals surface area contributed by atoms with Crippen LogP contribution in [0.4, 0.5) is 19.5 Å². The number of urea groups is 1. The number of piperazine rings is 1. The smallest absolute Gasteiger partial charge is 0.337 e. The van der Waals surface area contributed by atoms with E-state index in [0.29, 0.717) is 42.7 Å². The average molecular weight is 521 g/mol. The normalized spacial score (nSPS) is 21.2. The summed E-state index contributed by atoms with van der Waals surface area (Å²) in [5.74, 6) is 0.175. The molecule has 196 valence electrons. The van der Waals surface area contributed by atoms with Crippen molar-refractivity contribution in [2.24, 2.45) is 5.10 Å². The number of hydrogen-bond donors (Lipinski definition) is 0. The molecule has 3 atom stereocenters. The predicted molar refractivity (Wildman–Crippen MR) is 134 cm³/mol. The fourth-order valence-corrected chi connectivity index (χ4v) is 5.10. The molecule has 11 nitrogen and oxygen atoms in total. The van der Waals surface area contributed by atoms with Gasteiger partial charge in [0.15, 0.2) is 11.6 Å². The third kappa shape index (κ3) is 4.53. The molecular weight excluding hydrogens is 494 g/mol. The summed E-state index contributed by atoms with van der Waals surface area (Å²) in [6.45, 7) is 8.04. The van der Waals surface area contributed by atoms with E-state index in [-0.39, 0.29) is 29.5 Å².